The minimum atomic E-state index is -1.01. The van der Waals surface area contributed by atoms with E-state index >= 15 is 0 Å². The van der Waals surface area contributed by atoms with Crippen LogP contribution in [0.1, 0.15) is 37.4 Å². The Bertz CT molecular complexity index is 393. The molecule has 0 saturated carbocycles. The van der Waals surface area contributed by atoms with E-state index in [2.05, 4.69) is 5.32 Å². The highest BCUT2D eigenvalue weighted by molar-refractivity contribution is 7.12. The number of rotatable bonds is 3. The minimum absolute atomic E-state index is 0.257. The summed E-state index contributed by atoms with van der Waals surface area (Å²) >= 11 is 7.15. The first kappa shape index (κ1) is 13.5. The highest BCUT2D eigenvalue weighted by Gasteiger charge is 2.36. The average Bonchev–Trinajstić information content (AvgIpc) is 2.48. The van der Waals surface area contributed by atoms with Crippen molar-refractivity contribution in [3.8, 4) is 0 Å². The Kier molecular flexibility index (Phi) is 3.67. The molecule has 0 radical (unpaired) electrons. The largest absolute Gasteiger partial charge is 0.388 e. The fourth-order valence-corrected chi connectivity index (χ4v) is 1.99. The van der Waals surface area contributed by atoms with Crippen molar-refractivity contribution in [1.82, 2.24) is 5.32 Å². The maximum absolute atomic E-state index is 11.9. The number of halogens is 1. The molecule has 1 heterocycles. The standard InChI is InChI=1S/C11H16ClNO2S/c1-10(2,11(3,4)15)13-9(14)8-7(12)5-6-16-8/h5-6,15H,1-4H3,(H,13,14). The molecule has 0 bridgehead atoms. The quantitative estimate of drug-likeness (QED) is 0.879. The van der Waals surface area contributed by atoms with Gasteiger partial charge < -0.3 is 10.4 Å². The Morgan fingerprint density at radius 1 is 1.44 bits per heavy atom. The predicted molar refractivity (Wildman–Crippen MR) is 67.2 cm³/mol. The van der Waals surface area contributed by atoms with E-state index in [1.807, 2.05) is 0 Å². The zero-order valence-corrected chi connectivity index (χ0v) is 11.4. The summed E-state index contributed by atoms with van der Waals surface area (Å²) in [6, 6.07) is 1.68. The van der Waals surface area contributed by atoms with Gasteiger partial charge in [-0.2, -0.15) is 0 Å². The lowest BCUT2D eigenvalue weighted by atomic mass is 9.86. The number of hydrogen-bond donors (Lipinski definition) is 2. The number of carbonyl (C=O) groups excluding carboxylic acids is 1. The van der Waals surface area contributed by atoms with Crippen LogP contribution in [0.3, 0.4) is 0 Å². The van der Waals surface area contributed by atoms with Crippen LogP contribution in [-0.2, 0) is 0 Å². The van der Waals surface area contributed by atoms with Crippen LogP contribution in [0.4, 0.5) is 0 Å². The molecule has 2 N–H and O–H groups in total. The SMILES string of the molecule is CC(C)(O)C(C)(C)NC(=O)c1sccc1Cl. The van der Waals surface area contributed by atoms with Crippen LogP contribution < -0.4 is 5.32 Å². The van der Waals surface area contributed by atoms with E-state index in [9.17, 15) is 9.90 Å². The van der Waals surface area contributed by atoms with Gasteiger partial charge in [-0.15, -0.1) is 11.3 Å². The Labute approximate surface area is 104 Å². The maximum atomic E-state index is 11.9. The average molecular weight is 262 g/mol. The molecule has 3 nitrogen and oxygen atoms in total. The summed E-state index contributed by atoms with van der Waals surface area (Å²) in [5.74, 6) is -0.257. The number of amides is 1. The van der Waals surface area contributed by atoms with Gasteiger partial charge in [0.15, 0.2) is 0 Å². The van der Waals surface area contributed by atoms with Gasteiger partial charge in [-0.25, -0.2) is 0 Å². The van der Waals surface area contributed by atoms with Crippen molar-refractivity contribution in [2.24, 2.45) is 0 Å². The van der Waals surface area contributed by atoms with Crippen LogP contribution in [0.2, 0.25) is 5.02 Å². The van der Waals surface area contributed by atoms with E-state index in [4.69, 9.17) is 11.6 Å². The molecule has 0 saturated heterocycles. The summed E-state index contributed by atoms with van der Waals surface area (Å²) in [5.41, 5.74) is -1.73. The predicted octanol–water partition coefficient (Wildman–Crippen LogP) is 2.68. The smallest absolute Gasteiger partial charge is 0.263 e. The molecule has 16 heavy (non-hydrogen) atoms. The second-order valence-electron chi connectivity index (χ2n) is 4.74. The van der Waals surface area contributed by atoms with Crippen LogP contribution in [0.25, 0.3) is 0 Å². The summed E-state index contributed by atoms with van der Waals surface area (Å²) in [7, 11) is 0. The molecule has 0 fully saturated rings. The van der Waals surface area contributed by atoms with Crippen LogP contribution in [0.5, 0.6) is 0 Å². The number of hydrogen-bond acceptors (Lipinski definition) is 3. The van der Waals surface area contributed by atoms with E-state index < -0.39 is 11.1 Å². The van der Waals surface area contributed by atoms with E-state index in [0.29, 0.717) is 9.90 Å². The molecule has 0 spiro atoms. The first-order valence-electron chi connectivity index (χ1n) is 4.93. The van der Waals surface area contributed by atoms with Gasteiger partial charge in [-0.3, -0.25) is 4.79 Å². The first-order chi connectivity index (χ1) is 7.15. The summed E-state index contributed by atoms with van der Waals surface area (Å²) in [6.07, 6.45) is 0. The van der Waals surface area contributed by atoms with Gasteiger partial charge in [0.1, 0.15) is 4.88 Å². The summed E-state index contributed by atoms with van der Waals surface area (Å²) < 4.78 is 0. The zero-order valence-electron chi connectivity index (χ0n) is 9.80. The molecule has 1 aromatic heterocycles. The number of thiophene rings is 1. The van der Waals surface area contributed by atoms with Gasteiger partial charge in [-0.05, 0) is 39.1 Å². The van der Waals surface area contributed by atoms with Gasteiger partial charge in [0.05, 0.1) is 16.2 Å². The molecule has 5 heteroatoms. The summed E-state index contributed by atoms with van der Waals surface area (Å²) in [4.78, 5) is 12.4. The molecule has 0 aliphatic heterocycles. The second kappa shape index (κ2) is 4.35. The first-order valence-corrected chi connectivity index (χ1v) is 6.19. The van der Waals surface area contributed by atoms with Crippen molar-refractivity contribution in [3.05, 3.63) is 21.3 Å². The molecule has 0 atom stereocenters. The minimum Gasteiger partial charge on any atom is -0.388 e. The van der Waals surface area contributed by atoms with Crippen molar-refractivity contribution in [1.29, 1.82) is 0 Å². The Morgan fingerprint density at radius 3 is 2.38 bits per heavy atom. The molecule has 90 valence electrons. The lowest BCUT2D eigenvalue weighted by Gasteiger charge is -2.37. The van der Waals surface area contributed by atoms with Crippen LogP contribution in [0, 0.1) is 0 Å². The highest BCUT2D eigenvalue weighted by atomic mass is 35.5. The molecule has 0 aliphatic rings. The van der Waals surface area contributed by atoms with Crippen molar-refractivity contribution in [2.45, 2.75) is 38.8 Å². The monoisotopic (exact) mass is 261 g/mol. The summed E-state index contributed by atoms with van der Waals surface area (Å²) in [5, 5.41) is 14.9. The van der Waals surface area contributed by atoms with Gasteiger partial charge in [-0.1, -0.05) is 11.6 Å². The van der Waals surface area contributed by atoms with E-state index in [-0.39, 0.29) is 5.91 Å². The molecule has 0 aliphatic carbocycles. The molecular weight excluding hydrogens is 246 g/mol. The summed E-state index contributed by atoms with van der Waals surface area (Å²) in [6.45, 7) is 6.85. The molecule has 0 aromatic carbocycles. The molecule has 0 unspecified atom stereocenters. The van der Waals surface area contributed by atoms with E-state index in [0.717, 1.165) is 0 Å². The Morgan fingerprint density at radius 2 is 2.00 bits per heavy atom. The van der Waals surface area contributed by atoms with Crippen molar-refractivity contribution >= 4 is 28.8 Å². The van der Waals surface area contributed by atoms with Gasteiger partial charge in [0.2, 0.25) is 0 Å². The van der Waals surface area contributed by atoms with Gasteiger partial charge in [0, 0.05) is 0 Å². The highest BCUT2D eigenvalue weighted by Crippen LogP contribution is 2.25. The third-order valence-electron chi connectivity index (χ3n) is 2.78. The van der Waals surface area contributed by atoms with E-state index in [1.165, 1.54) is 11.3 Å². The Hall–Kier alpha value is -0.580. The maximum Gasteiger partial charge on any atom is 0.263 e. The number of aliphatic hydroxyl groups is 1. The third kappa shape index (κ3) is 2.75. The van der Waals surface area contributed by atoms with Crippen molar-refractivity contribution in [3.63, 3.8) is 0 Å². The third-order valence-corrected chi connectivity index (χ3v) is 4.12. The zero-order chi connectivity index (χ0) is 12.6. The molecule has 1 aromatic rings. The van der Waals surface area contributed by atoms with Crippen LogP contribution in [-0.4, -0.2) is 22.2 Å². The Balaban J connectivity index is 2.84. The fourth-order valence-electron chi connectivity index (χ4n) is 0.949. The molecular formula is C11H16ClNO2S. The number of nitrogens with one attached hydrogen (secondary N) is 1. The van der Waals surface area contributed by atoms with Gasteiger partial charge in [0.25, 0.3) is 5.91 Å². The van der Waals surface area contributed by atoms with Crippen LogP contribution in [0.15, 0.2) is 11.4 Å². The second-order valence-corrected chi connectivity index (χ2v) is 6.06. The van der Waals surface area contributed by atoms with Gasteiger partial charge >= 0.3 is 0 Å². The lowest BCUT2D eigenvalue weighted by Crippen LogP contribution is -2.57. The normalized spacial score (nSPS) is 12.6. The van der Waals surface area contributed by atoms with Crippen LogP contribution >= 0.6 is 22.9 Å². The fraction of sp³-hybridized carbons (Fsp3) is 0.545. The molecule has 1 rings (SSSR count). The number of carbonyl (C=O) groups is 1. The molecule has 1 amide bonds. The topological polar surface area (TPSA) is 49.3 Å². The lowest BCUT2D eigenvalue weighted by molar-refractivity contribution is -0.00284. The van der Waals surface area contributed by atoms with E-state index in [1.54, 1.807) is 39.1 Å². The van der Waals surface area contributed by atoms with Crippen molar-refractivity contribution < 1.29 is 9.90 Å². The van der Waals surface area contributed by atoms with Crippen molar-refractivity contribution in [2.75, 3.05) is 0 Å².